The van der Waals surface area contributed by atoms with Gasteiger partial charge in [-0.15, -0.1) is 0 Å². The molecule has 0 saturated heterocycles. The van der Waals surface area contributed by atoms with Crippen molar-refractivity contribution in [2.45, 2.75) is 50.3 Å². The molecule has 4 nitrogen and oxygen atoms in total. The molecule has 1 saturated carbocycles. The molecule has 3 unspecified atom stereocenters. The molecule has 3 atom stereocenters. The van der Waals surface area contributed by atoms with Crippen LogP contribution in [0, 0.1) is 11.6 Å². The summed E-state index contributed by atoms with van der Waals surface area (Å²) in [7, 11) is 0.939. The molecule has 7 heteroatoms. The molecule has 2 rings (SSSR count). The third-order valence-corrected chi connectivity index (χ3v) is 6.22. The molecule has 140 valence electrons. The highest BCUT2D eigenvalue weighted by Gasteiger charge is 2.25. The van der Waals surface area contributed by atoms with Gasteiger partial charge >= 0.3 is 0 Å². The van der Waals surface area contributed by atoms with E-state index < -0.39 is 22.4 Å². The van der Waals surface area contributed by atoms with Gasteiger partial charge in [-0.05, 0) is 43.4 Å². The Balaban J connectivity index is 1.81. The number of halogens is 2. The normalized spacial score (nSPS) is 22.5. The highest BCUT2D eigenvalue weighted by molar-refractivity contribution is 7.85. The summed E-state index contributed by atoms with van der Waals surface area (Å²) in [5.41, 5.74) is 0.608. The number of rotatable bonds is 6. The van der Waals surface area contributed by atoms with Crippen molar-refractivity contribution in [3.8, 4) is 0 Å². The van der Waals surface area contributed by atoms with E-state index in [0.717, 1.165) is 31.7 Å². The van der Waals surface area contributed by atoms with Crippen LogP contribution in [0.1, 0.15) is 38.2 Å². The quantitative estimate of drug-likeness (QED) is 0.597. The summed E-state index contributed by atoms with van der Waals surface area (Å²) in [6.45, 7) is 2.49. The highest BCUT2D eigenvalue weighted by atomic mass is 32.2. The number of hydrogen-bond donors (Lipinski definition) is 2. The second-order valence-electron chi connectivity index (χ2n) is 6.33. The lowest BCUT2D eigenvalue weighted by atomic mass is 9.95. The van der Waals surface area contributed by atoms with Crippen molar-refractivity contribution in [3.63, 3.8) is 0 Å². The Morgan fingerprint density at radius 3 is 2.64 bits per heavy atom. The molecule has 1 aliphatic rings. The molecule has 0 aromatic heterocycles. The van der Waals surface area contributed by atoms with Crippen LogP contribution in [0.5, 0.6) is 0 Å². The minimum absolute atomic E-state index is 0.254. The first-order valence-corrected chi connectivity index (χ1v) is 10.2. The zero-order valence-electron chi connectivity index (χ0n) is 14.9. The van der Waals surface area contributed by atoms with Crippen molar-refractivity contribution in [2.24, 2.45) is 4.99 Å². The van der Waals surface area contributed by atoms with Crippen LogP contribution in [-0.4, -0.2) is 40.8 Å². The molecule has 1 aromatic rings. The molecule has 0 aliphatic heterocycles. The highest BCUT2D eigenvalue weighted by Crippen LogP contribution is 2.22. The van der Waals surface area contributed by atoms with Crippen molar-refractivity contribution >= 4 is 16.8 Å². The van der Waals surface area contributed by atoms with Gasteiger partial charge in [-0.2, -0.15) is 0 Å². The van der Waals surface area contributed by atoms with E-state index >= 15 is 0 Å². The van der Waals surface area contributed by atoms with Crippen molar-refractivity contribution in [1.82, 2.24) is 10.6 Å². The molecule has 0 spiro atoms. The summed E-state index contributed by atoms with van der Waals surface area (Å²) < 4.78 is 38.4. The number of guanidine groups is 1. The van der Waals surface area contributed by atoms with Gasteiger partial charge in [-0.25, -0.2) is 8.78 Å². The summed E-state index contributed by atoms with van der Waals surface area (Å²) in [6, 6.07) is 3.81. The third-order valence-electron chi connectivity index (χ3n) is 4.48. The van der Waals surface area contributed by atoms with Crippen LogP contribution in [0.15, 0.2) is 23.2 Å². The topological polar surface area (TPSA) is 53.5 Å². The Bertz CT molecular complexity index is 604. The molecule has 0 bridgehead atoms. The molecule has 0 radical (unpaired) electrons. The average Bonchev–Trinajstić information content (AvgIpc) is 2.59. The Hall–Kier alpha value is -1.50. The fourth-order valence-electron chi connectivity index (χ4n) is 3.22. The number of aliphatic imine (C=N–C) groups is 1. The van der Waals surface area contributed by atoms with Crippen LogP contribution < -0.4 is 10.6 Å². The van der Waals surface area contributed by atoms with E-state index in [2.05, 4.69) is 15.6 Å². The molecule has 2 N–H and O–H groups in total. The molecule has 1 fully saturated rings. The van der Waals surface area contributed by atoms with E-state index in [4.69, 9.17) is 0 Å². The van der Waals surface area contributed by atoms with Crippen molar-refractivity contribution in [3.05, 3.63) is 35.4 Å². The Morgan fingerprint density at radius 1 is 1.28 bits per heavy atom. The lowest BCUT2D eigenvalue weighted by molar-refractivity contribution is 0.413. The van der Waals surface area contributed by atoms with E-state index in [0.29, 0.717) is 30.2 Å². The Labute approximate surface area is 151 Å². The van der Waals surface area contributed by atoms with Crippen LogP contribution in [-0.2, 0) is 17.2 Å². The van der Waals surface area contributed by atoms with E-state index in [9.17, 15) is 13.0 Å². The van der Waals surface area contributed by atoms with Gasteiger partial charge in [-0.3, -0.25) is 9.20 Å². The van der Waals surface area contributed by atoms with Gasteiger partial charge in [0, 0.05) is 47.5 Å². The summed E-state index contributed by atoms with van der Waals surface area (Å²) in [5.74, 6) is 0.253. The lowest BCUT2D eigenvalue weighted by Gasteiger charge is -2.30. The molecular weight excluding hydrogens is 344 g/mol. The average molecular weight is 371 g/mol. The van der Waals surface area contributed by atoms with E-state index in [1.54, 1.807) is 7.05 Å². The van der Waals surface area contributed by atoms with Crippen LogP contribution >= 0.6 is 0 Å². The van der Waals surface area contributed by atoms with Gasteiger partial charge in [0.05, 0.1) is 0 Å². The zero-order chi connectivity index (χ0) is 18.2. The molecule has 0 heterocycles. The minimum Gasteiger partial charge on any atom is -0.356 e. The predicted molar refractivity (Wildman–Crippen MR) is 99.3 cm³/mol. The first-order valence-electron chi connectivity index (χ1n) is 8.81. The summed E-state index contributed by atoms with van der Waals surface area (Å²) >= 11 is 0. The monoisotopic (exact) mass is 371 g/mol. The molecule has 0 amide bonds. The Morgan fingerprint density at radius 2 is 2.00 bits per heavy atom. The van der Waals surface area contributed by atoms with Crippen molar-refractivity contribution in [2.75, 3.05) is 19.3 Å². The first kappa shape index (κ1) is 19.8. The fraction of sp³-hybridized carbons (Fsp3) is 0.611. The molecular formula is C18H27F2N3OS. The minimum atomic E-state index is -0.757. The van der Waals surface area contributed by atoms with Gasteiger partial charge in [0.15, 0.2) is 5.96 Å². The maximum absolute atomic E-state index is 13.2. The van der Waals surface area contributed by atoms with Crippen LogP contribution in [0.2, 0.25) is 0 Å². The van der Waals surface area contributed by atoms with Gasteiger partial charge in [0.1, 0.15) is 11.6 Å². The van der Waals surface area contributed by atoms with Gasteiger partial charge in [-0.1, -0.05) is 13.3 Å². The predicted octanol–water partition coefficient (Wildman–Crippen LogP) is 2.75. The number of nitrogens with one attached hydrogen (secondary N) is 2. The molecule has 1 aromatic carbocycles. The second-order valence-corrected chi connectivity index (χ2v) is 8.33. The molecule has 1 aliphatic carbocycles. The van der Waals surface area contributed by atoms with Crippen molar-refractivity contribution in [1.29, 1.82) is 0 Å². The fourth-order valence-corrected chi connectivity index (χ4v) is 4.57. The summed E-state index contributed by atoms with van der Waals surface area (Å²) in [5, 5.41) is 6.81. The van der Waals surface area contributed by atoms with E-state index in [-0.39, 0.29) is 11.3 Å². The van der Waals surface area contributed by atoms with E-state index in [1.807, 2.05) is 6.92 Å². The van der Waals surface area contributed by atoms with Gasteiger partial charge in [0.2, 0.25) is 0 Å². The van der Waals surface area contributed by atoms with Crippen molar-refractivity contribution < 1.29 is 13.0 Å². The SMILES string of the molecule is CCS(=O)C1CCCC(NC(=NC)NCCc2cc(F)cc(F)c2)C1. The summed E-state index contributed by atoms with van der Waals surface area (Å²) in [6.07, 6.45) is 4.51. The second kappa shape index (κ2) is 9.85. The number of hydrogen-bond acceptors (Lipinski definition) is 2. The first-order chi connectivity index (χ1) is 12.0. The molecule has 25 heavy (non-hydrogen) atoms. The maximum atomic E-state index is 13.2. The standard InChI is InChI=1S/C18H27F2N3OS/c1-3-25(24)17-6-4-5-16(12-17)23-18(21-2)22-8-7-13-9-14(19)11-15(20)10-13/h9-11,16-17H,3-8,12H2,1-2H3,(H2,21,22,23). The Kier molecular flexibility index (Phi) is 7.81. The number of nitrogens with zero attached hydrogens (tertiary/aromatic N) is 1. The van der Waals surface area contributed by atoms with Gasteiger partial charge in [0.25, 0.3) is 0 Å². The van der Waals surface area contributed by atoms with Crippen LogP contribution in [0.25, 0.3) is 0 Å². The smallest absolute Gasteiger partial charge is 0.191 e. The van der Waals surface area contributed by atoms with Gasteiger partial charge < -0.3 is 10.6 Å². The van der Waals surface area contributed by atoms with Crippen LogP contribution in [0.4, 0.5) is 8.78 Å². The maximum Gasteiger partial charge on any atom is 0.191 e. The zero-order valence-corrected chi connectivity index (χ0v) is 15.7. The van der Waals surface area contributed by atoms with Crippen LogP contribution in [0.3, 0.4) is 0 Å². The largest absolute Gasteiger partial charge is 0.356 e. The third kappa shape index (κ3) is 6.38. The summed E-state index contributed by atoms with van der Waals surface area (Å²) in [4.78, 5) is 4.21. The lowest BCUT2D eigenvalue weighted by Crippen LogP contribution is -2.47. The van der Waals surface area contributed by atoms with E-state index in [1.165, 1.54) is 12.1 Å². The number of benzene rings is 1.